The largest absolute Gasteiger partial charge is 0.444 e. The normalized spacial score (nSPS) is 11.1. The Labute approximate surface area is 163 Å². The SMILES string of the molecule is CC(C)(C)OC(=O)Nc1cc2nccnc2s1.Nc1cc2nccnc2s1. The Bertz CT molecular complexity index is 1000. The van der Waals surface area contributed by atoms with Gasteiger partial charge >= 0.3 is 6.09 Å². The van der Waals surface area contributed by atoms with Crippen LogP contribution in [0.15, 0.2) is 36.9 Å². The molecule has 27 heavy (non-hydrogen) atoms. The number of amides is 1. The van der Waals surface area contributed by atoms with Crippen LogP contribution >= 0.6 is 22.7 Å². The number of carbonyl (C=O) groups is 1. The van der Waals surface area contributed by atoms with Crippen LogP contribution in [0.2, 0.25) is 0 Å². The minimum absolute atomic E-state index is 0.468. The van der Waals surface area contributed by atoms with Gasteiger partial charge in [-0.05, 0) is 20.8 Å². The molecule has 140 valence electrons. The number of nitrogens with zero attached hydrogens (tertiary/aromatic N) is 4. The molecule has 4 aromatic rings. The van der Waals surface area contributed by atoms with Crippen molar-refractivity contribution in [2.45, 2.75) is 26.4 Å². The molecule has 8 nitrogen and oxygen atoms in total. The van der Waals surface area contributed by atoms with Crippen LogP contribution in [0.5, 0.6) is 0 Å². The Morgan fingerprint density at radius 3 is 2.07 bits per heavy atom. The molecule has 0 saturated carbocycles. The number of anilines is 2. The summed E-state index contributed by atoms with van der Waals surface area (Å²) in [7, 11) is 0. The highest BCUT2D eigenvalue weighted by molar-refractivity contribution is 7.22. The van der Waals surface area contributed by atoms with Crippen LogP contribution < -0.4 is 11.1 Å². The van der Waals surface area contributed by atoms with Gasteiger partial charge in [0, 0.05) is 36.9 Å². The third kappa shape index (κ3) is 5.31. The molecule has 3 N–H and O–H groups in total. The van der Waals surface area contributed by atoms with E-state index in [1.807, 2.05) is 26.8 Å². The summed E-state index contributed by atoms with van der Waals surface area (Å²) in [6.07, 6.45) is 6.10. The molecule has 4 aromatic heterocycles. The number of aromatic nitrogens is 4. The van der Waals surface area contributed by atoms with Crippen LogP contribution in [-0.4, -0.2) is 31.6 Å². The fourth-order valence-corrected chi connectivity index (χ4v) is 3.59. The number of rotatable bonds is 1. The molecule has 4 heterocycles. The first-order valence-corrected chi connectivity index (χ1v) is 9.60. The van der Waals surface area contributed by atoms with Crippen molar-refractivity contribution in [2.75, 3.05) is 11.1 Å². The third-order valence-electron chi connectivity index (χ3n) is 2.97. The van der Waals surface area contributed by atoms with E-state index in [4.69, 9.17) is 10.5 Å². The quantitative estimate of drug-likeness (QED) is 0.487. The van der Waals surface area contributed by atoms with E-state index in [0.29, 0.717) is 5.00 Å². The summed E-state index contributed by atoms with van der Waals surface area (Å²) in [4.78, 5) is 29.7. The number of nitrogens with one attached hydrogen (secondary N) is 1. The predicted octanol–water partition coefficient (Wildman–Crippen LogP) is 4.31. The maximum Gasteiger partial charge on any atom is 0.412 e. The fourth-order valence-electron chi connectivity index (χ4n) is 2.03. The van der Waals surface area contributed by atoms with Gasteiger partial charge in [-0.25, -0.2) is 14.8 Å². The Hall–Kier alpha value is -2.85. The van der Waals surface area contributed by atoms with E-state index in [2.05, 4.69) is 25.3 Å². The van der Waals surface area contributed by atoms with Gasteiger partial charge in [0.2, 0.25) is 0 Å². The van der Waals surface area contributed by atoms with E-state index in [1.165, 1.54) is 22.7 Å². The molecule has 0 fully saturated rings. The van der Waals surface area contributed by atoms with Gasteiger partial charge in [-0.1, -0.05) is 22.7 Å². The minimum Gasteiger partial charge on any atom is -0.444 e. The van der Waals surface area contributed by atoms with Crippen molar-refractivity contribution in [3.8, 4) is 0 Å². The standard InChI is InChI=1S/C11H13N3O2S.C6H5N3S/c1-11(2,3)16-10(15)14-8-6-7-9(17-8)13-5-4-12-7;7-5-3-4-6(10-5)9-2-1-8-4/h4-6H,1-3H3,(H,14,15);1-3H,7H2. The summed E-state index contributed by atoms with van der Waals surface area (Å²) in [5, 5.41) is 4.11. The van der Waals surface area contributed by atoms with E-state index in [1.54, 1.807) is 30.9 Å². The molecule has 1 amide bonds. The molecule has 0 saturated heterocycles. The average molecular weight is 403 g/mol. The van der Waals surface area contributed by atoms with Gasteiger partial charge in [0.05, 0.1) is 5.00 Å². The number of nitrogens with two attached hydrogens (primary N) is 1. The summed E-state index contributed by atoms with van der Waals surface area (Å²) in [5.41, 5.74) is 6.67. The number of ether oxygens (including phenoxy) is 1. The van der Waals surface area contributed by atoms with Gasteiger partial charge in [-0.3, -0.25) is 15.3 Å². The second-order valence-corrected chi connectivity index (χ2v) is 8.47. The summed E-state index contributed by atoms with van der Waals surface area (Å²) in [6, 6.07) is 3.60. The Morgan fingerprint density at radius 1 is 0.963 bits per heavy atom. The molecule has 0 unspecified atom stereocenters. The Morgan fingerprint density at radius 2 is 1.52 bits per heavy atom. The lowest BCUT2D eigenvalue weighted by Crippen LogP contribution is -2.26. The van der Waals surface area contributed by atoms with E-state index in [-0.39, 0.29) is 0 Å². The van der Waals surface area contributed by atoms with Crippen molar-refractivity contribution in [1.29, 1.82) is 0 Å². The van der Waals surface area contributed by atoms with Crippen LogP contribution in [0.4, 0.5) is 14.8 Å². The molecule has 0 aliphatic heterocycles. The number of nitrogen functional groups attached to an aromatic ring is 1. The van der Waals surface area contributed by atoms with E-state index < -0.39 is 11.7 Å². The maximum atomic E-state index is 11.5. The molecule has 0 bridgehead atoms. The van der Waals surface area contributed by atoms with Crippen LogP contribution in [-0.2, 0) is 4.74 Å². The van der Waals surface area contributed by atoms with E-state index in [9.17, 15) is 4.79 Å². The highest BCUT2D eigenvalue weighted by Gasteiger charge is 2.17. The second kappa shape index (κ2) is 7.80. The molecular formula is C17H18N6O2S2. The van der Waals surface area contributed by atoms with Crippen LogP contribution in [0, 0.1) is 0 Å². The molecule has 0 radical (unpaired) electrons. The average Bonchev–Trinajstić information content (AvgIpc) is 3.14. The number of thiophene rings is 2. The topological polar surface area (TPSA) is 116 Å². The van der Waals surface area contributed by atoms with Gasteiger partial charge in [0.25, 0.3) is 0 Å². The van der Waals surface area contributed by atoms with Crippen molar-refractivity contribution < 1.29 is 9.53 Å². The van der Waals surface area contributed by atoms with Gasteiger partial charge in [-0.2, -0.15) is 0 Å². The summed E-state index contributed by atoms with van der Waals surface area (Å²) >= 11 is 2.82. The third-order valence-corrected chi connectivity index (χ3v) is 4.78. The van der Waals surface area contributed by atoms with Gasteiger partial charge < -0.3 is 10.5 Å². The highest BCUT2D eigenvalue weighted by atomic mass is 32.1. The zero-order chi connectivity index (χ0) is 19.4. The fraction of sp³-hybridized carbons (Fsp3) is 0.235. The van der Waals surface area contributed by atoms with Crippen molar-refractivity contribution in [2.24, 2.45) is 0 Å². The number of fused-ring (bicyclic) bond motifs is 2. The molecule has 10 heteroatoms. The first kappa shape index (κ1) is 18.9. The van der Waals surface area contributed by atoms with Crippen molar-refractivity contribution in [3.05, 3.63) is 36.9 Å². The highest BCUT2D eigenvalue weighted by Crippen LogP contribution is 2.26. The molecule has 0 atom stereocenters. The number of hydrogen-bond acceptors (Lipinski definition) is 9. The lowest BCUT2D eigenvalue weighted by Gasteiger charge is -2.19. The van der Waals surface area contributed by atoms with Crippen molar-refractivity contribution >= 4 is 59.5 Å². The van der Waals surface area contributed by atoms with Crippen LogP contribution in [0.3, 0.4) is 0 Å². The predicted molar refractivity (Wildman–Crippen MR) is 109 cm³/mol. The van der Waals surface area contributed by atoms with Crippen molar-refractivity contribution in [1.82, 2.24) is 19.9 Å². The van der Waals surface area contributed by atoms with Crippen molar-refractivity contribution in [3.63, 3.8) is 0 Å². The first-order chi connectivity index (χ1) is 12.8. The summed E-state index contributed by atoms with van der Waals surface area (Å²) in [5.74, 6) is 0. The second-order valence-electron chi connectivity index (χ2n) is 6.38. The summed E-state index contributed by atoms with van der Waals surface area (Å²) < 4.78 is 5.15. The Balaban J connectivity index is 0.000000177. The molecule has 0 aromatic carbocycles. The van der Waals surface area contributed by atoms with E-state index in [0.717, 1.165) is 25.7 Å². The molecule has 0 aliphatic rings. The zero-order valence-corrected chi connectivity index (χ0v) is 16.6. The number of carbonyl (C=O) groups excluding carboxylic acids is 1. The monoisotopic (exact) mass is 402 g/mol. The van der Waals surface area contributed by atoms with Crippen LogP contribution in [0.25, 0.3) is 20.7 Å². The smallest absolute Gasteiger partial charge is 0.412 e. The lowest BCUT2D eigenvalue weighted by atomic mass is 10.2. The first-order valence-electron chi connectivity index (χ1n) is 7.97. The maximum absolute atomic E-state index is 11.5. The number of hydrogen-bond donors (Lipinski definition) is 2. The Kier molecular flexibility index (Phi) is 5.47. The van der Waals surface area contributed by atoms with Gasteiger partial charge in [-0.15, -0.1) is 0 Å². The minimum atomic E-state index is -0.503. The zero-order valence-electron chi connectivity index (χ0n) is 15.0. The van der Waals surface area contributed by atoms with Crippen LogP contribution in [0.1, 0.15) is 20.8 Å². The van der Waals surface area contributed by atoms with Gasteiger partial charge in [0.1, 0.15) is 31.3 Å². The molecule has 4 rings (SSSR count). The molecule has 0 spiro atoms. The lowest BCUT2D eigenvalue weighted by molar-refractivity contribution is 0.0636. The van der Waals surface area contributed by atoms with Gasteiger partial charge in [0.15, 0.2) is 0 Å². The van der Waals surface area contributed by atoms with E-state index >= 15 is 0 Å². The molecule has 0 aliphatic carbocycles. The summed E-state index contributed by atoms with van der Waals surface area (Å²) in [6.45, 7) is 5.46. The molecular weight excluding hydrogens is 384 g/mol.